The van der Waals surface area contributed by atoms with Gasteiger partial charge < -0.3 is 0 Å². The maximum Gasteiger partial charge on any atom is 4.00 e. The maximum atomic E-state index is 5.68. The summed E-state index contributed by atoms with van der Waals surface area (Å²) < 4.78 is 22.7. The summed E-state index contributed by atoms with van der Waals surface area (Å²) in [5.74, 6) is 0. The molecule has 0 aliphatic carbocycles. The second kappa shape index (κ2) is 25.0. The number of hydrogen-bond donors (Lipinski definition) is 0. The van der Waals surface area contributed by atoms with E-state index in [9.17, 15) is 0 Å². The van der Waals surface area contributed by atoms with Crippen LogP contribution in [0.1, 0.15) is 0 Å². The molecule has 0 fully saturated rings. The van der Waals surface area contributed by atoms with Crippen LogP contribution in [0.3, 0.4) is 0 Å². The molecular formula is C60H60B4N4P4Zr. The molecule has 0 atom stereocenters. The van der Waals surface area contributed by atoms with Crippen LogP contribution in [0.5, 0.6) is 0 Å². The second-order valence-corrected chi connectivity index (χ2v) is 22.7. The minimum atomic E-state index is -1.78. The molecule has 0 aliphatic rings. The number of rotatable bonds is 12. The number of benzene rings is 10. The van der Waals surface area contributed by atoms with E-state index in [1.165, 1.54) is 42.4 Å². The second-order valence-electron chi connectivity index (χ2n) is 15.3. The zero-order chi connectivity index (χ0) is 49.7. The predicted molar refractivity (Wildman–Crippen MR) is 337 cm³/mol. The van der Waals surface area contributed by atoms with Crippen LogP contribution >= 0.6 is 27.7 Å². The van der Waals surface area contributed by atoms with Gasteiger partial charge in [0.2, 0.25) is 0 Å². The third kappa shape index (κ3) is 12.4. The van der Waals surface area contributed by atoms with E-state index in [1.54, 1.807) is 0 Å². The topological polar surface area (TPSA) is 49.4 Å². The molecule has 4 nitrogen and oxygen atoms in total. The average molecular weight is 1100 g/mol. The SMILES string of the molecule is [BH3-]P(=Nc1ccccc1N=P([BH3-])(c1ccccc1)c1ccccc1)(c1ccccc1)c1ccccc1.[BH3-]P(=Nc1ccccc1N=P([BH3-])(c1ccccc1)c1ccccc1)(c1ccccc1)c1ccccc1.[Zr+4]. The molecule has 0 spiro atoms. The minimum absolute atomic E-state index is 0. The van der Waals surface area contributed by atoms with Crippen molar-refractivity contribution < 1.29 is 26.2 Å². The van der Waals surface area contributed by atoms with Crippen LogP contribution in [-0.4, -0.2) is 30.3 Å². The third-order valence-electron chi connectivity index (χ3n) is 10.6. The largest absolute Gasteiger partial charge is 4.00 e. The molecule has 0 saturated carbocycles. The van der Waals surface area contributed by atoms with E-state index in [0.717, 1.165) is 22.7 Å². The van der Waals surface area contributed by atoms with E-state index < -0.39 is 27.7 Å². The van der Waals surface area contributed by atoms with Gasteiger partial charge in [0, 0.05) is 30.3 Å². The quantitative estimate of drug-likeness (QED) is 0.0865. The minimum Gasteiger partial charge on any atom is -0.295 e. The molecular weight excluding hydrogens is 1040 g/mol. The summed E-state index contributed by atoms with van der Waals surface area (Å²) in [6, 6.07) is 105. The maximum absolute atomic E-state index is 5.68. The van der Waals surface area contributed by atoms with Crippen molar-refractivity contribution >= 4 is 123 Å². The van der Waals surface area contributed by atoms with Crippen LogP contribution < -0.4 is 42.4 Å². The van der Waals surface area contributed by atoms with Gasteiger partial charge in [-0.15, -0.1) is 27.7 Å². The standard InChI is InChI=1S/2C30H30B2N2P2.Zr/c2*31-35(25-15-5-1-6-16-25,26-17-7-2-8-18-26)33-29-23-13-14-24-30(29)34-36(32,27-19-9-3-10-20-27)28-21-11-4-12-22-28;/h2*1-24H,31-32H3;/q2*-2;+4. The van der Waals surface area contributed by atoms with Crippen LogP contribution in [-0.2, 0) is 26.2 Å². The van der Waals surface area contributed by atoms with Crippen molar-refractivity contribution in [1.82, 2.24) is 0 Å². The van der Waals surface area contributed by atoms with Gasteiger partial charge in [0.1, 0.15) is 0 Å². The van der Waals surface area contributed by atoms with Crippen LogP contribution in [0.4, 0.5) is 22.7 Å². The smallest absolute Gasteiger partial charge is 0.295 e. The van der Waals surface area contributed by atoms with E-state index in [4.69, 9.17) is 19.0 Å². The van der Waals surface area contributed by atoms with Crippen molar-refractivity contribution in [3.05, 3.63) is 291 Å². The van der Waals surface area contributed by atoms with Gasteiger partial charge in [-0.3, -0.25) is 19.0 Å². The molecule has 13 heteroatoms. The molecule has 0 bridgehead atoms. The van der Waals surface area contributed by atoms with Crippen molar-refractivity contribution in [2.24, 2.45) is 19.0 Å². The van der Waals surface area contributed by atoms with Crippen LogP contribution in [0.2, 0.25) is 0 Å². The third-order valence-corrected chi connectivity index (χ3v) is 18.6. The Morgan fingerprint density at radius 3 is 0.411 bits per heavy atom. The predicted octanol–water partition coefficient (Wildman–Crippen LogP) is 10.4. The van der Waals surface area contributed by atoms with Crippen molar-refractivity contribution in [2.75, 3.05) is 0 Å². The average Bonchev–Trinajstić information content (AvgIpc) is 3.46. The van der Waals surface area contributed by atoms with Gasteiger partial charge in [-0.05, 0) is 66.7 Å². The fourth-order valence-electron chi connectivity index (χ4n) is 7.31. The molecule has 0 aromatic heterocycles. The van der Waals surface area contributed by atoms with E-state index >= 15 is 0 Å². The van der Waals surface area contributed by atoms with Gasteiger partial charge >= 0.3 is 26.2 Å². The molecule has 73 heavy (non-hydrogen) atoms. The molecule has 10 aromatic carbocycles. The normalized spacial score (nSPS) is 11.5. The molecule has 0 N–H and O–H groups in total. The van der Waals surface area contributed by atoms with E-state index in [1.807, 2.05) is 0 Å². The molecule has 0 unspecified atom stereocenters. The summed E-state index contributed by atoms with van der Waals surface area (Å²) in [5.41, 5.74) is 4.18. The van der Waals surface area contributed by atoms with Crippen LogP contribution in [0.15, 0.2) is 310 Å². The van der Waals surface area contributed by atoms with Crippen molar-refractivity contribution in [3.63, 3.8) is 0 Å². The molecule has 10 rings (SSSR count). The van der Waals surface area contributed by atoms with Crippen molar-refractivity contribution in [3.8, 4) is 0 Å². The Kier molecular flexibility index (Phi) is 18.3. The number of hydrogen-bond acceptors (Lipinski definition) is 4. The van der Waals surface area contributed by atoms with Gasteiger partial charge in [0.05, 0.1) is 22.7 Å². The molecule has 0 aliphatic heterocycles. The molecule has 10 aromatic rings. The Bertz CT molecular complexity index is 2950. The molecule has 0 amide bonds. The Morgan fingerprint density at radius 1 is 0.178 bits per heavy atom. The van der Waals surface area contributed by atoms with Crippen LogP contribution in [0.25, 0.3) is 0 Å². The first kappa shape index (κ1) is 53.6. The van der Waals surface area contributed by atoms with Gasteiger partial charge in [0.15, 0.2) is 0 Å². The summed E-state index contributed by atoms with van der Waals surface area (Å²) >= 11 is 0. The van der Waals surface area contributed by atoms with Crippen molar-refractivity contribution in [2.45, 2.75) is 0 Å². The molecule has 0 radical (unpaired) electrons. The Hall–Kier alpha value is -5.74. The van der Waals surface area contributed by atoms with Crippen LogP contribution in [0, 0.1) is 0 Å². The van der Waals surface area contributed by atoms with Gasteiger partial charge in [-0.2, -0.15) is 0 Å². The summed E-state index contributed by atoms with van der Waals surface area (Å²) in [7, 11) is -0.600. The Balaban J connectivity index is 0.000000192. The summed E-state index contributed by atoms with van der Waals surface area (Å²) in [4.78, 5) is 0. The Morgan fingerprint density at radius 2 is 0.288 bits per heavy atom. The molecule has 0 saturated heterocycles. The zero-order valence-electron chi connectivity index (χ0n) is 37.8. The van der Waals surface area contributed by atoms with Gasteiger partial charge in [-0.25, -0.2) is 0 Å². The summed E-state index contributed by atoms with van der Waals surface area (Å²) in [6.07, 6.45) is 0. The first-order chi connectivity index (χ1) is 35.2. The first-order valence-electron chi connectivity index (χ1n) is 22.4. The fraction of sp³-hybridized carbons (Fsp3) is 0. The summed E-state index contributed by atoms with van der Waals surface area (Å²) in [6.45, 7) is -7.14. The van der Waals surface area contributed by atoms with Gasteiger partial charge in [0.25, 0.3) is 0 Å². The number of nitrogens with zero attached hydrogens (tertiary/aromatic N) is 4. The monoisotopic (exact) mass is 1090 g/mol. The zero-order valence-corrected chi connectivity index (χ0v) is 43.8. The fourth-order valence-corrected chi connectivity index (χ4v) is 14.6. The van der Waals surface area contributed by atoms with E-state index in [-0.39, 0.29) is 56.5 Å². The Labute approximate surface area is 456 Å². The van der Waals surface area contributed by atoms with Gasteiger partial charge in [-0.1, -0.05) is 267 Å². The summed E-state index contributed by atoms with van der Waals surface area (Å²) in [5, 5.41) is 11.1. The molecule has 356 valence electrons. The van der Waals surface area contributed by atoms with E-state index in [2.05, 4.69) is 291 Å². The first-order valence-corrected chi connectivity index (χ1v) is 27.6. The molecule has 0 heterocycles. The van der Waals surface area contributed by atoms with E-state index in [0.29, 0.717) is 0 Å². The van der Waals surface area contributed by atoms with Crippen molar-refractivity contribution in [1.29, 1.82) is 0 Å².